The van der Waals surface area contributed by atoms with Crippen molar-refractivity contribution in [1.82, 2.24) is 0 Å². The second-order valence-corrected chi connectivity index (χ2v) is 19.0. The molecule has 8 nitrogen and oxygen atoms in total. The number of carbonyl (C=O) groups is 3. The molecular weight excluding hydrogens is 953 g/mol. The first-order valence-electron chi connectivity index (χ1n) is 24.3. The third kappa shape index (κ3) is 9.38. The van der Waals surface area contributed by atoms with Crippen LogP contribution in [0.2, 0.25) is 0 Å². The van der Waals surface area contributed by atoms with Crippen molar-refractivity contribution in [3.8, 4) is 45.3 Å². The molecule has 0 radical (unpaired) electrons. The lowest BCUT2D eigenvalue weighted by Gasteiger charge is -2.34. The maximum absolute atomic E-state index is 14.2. The van der Waals surface area contributed by atoms with Gasteiger partial charge < -0.3 is 9.47 Å². The summed E-state index contributed by atoms with van der Waals surface area (Å²) in [7, 11) is 0. The topological polar surface area (TPSA) is 108 Å². The number of benzene rings is 10. The van der Waals surface area contributed by atoms with E-state index in [0.29, 0.717) is 66.8 Å². The third-order valence-electron chi connectivity index (χ3n) is 13.8. The van der Waals surface area contributed by atoms with Gasteiger partial charge in [0.25, 0.3) is 0 Å². The quantitative estimate of drug-likeness (QED) is 0.0438. The number of hydrogen-bond donors (Lipinski definition) is 1. The smallest absolute Gasteiger partial charge is 0.193 e. The Labute approximate surface area is 438 Å². The van der Waals surface area contributed by atoms with Crippen molar-refractivity contribution in [3.05, 3.63) is 303 Å². The molecule has 0 fully saturated rings. The van der Waals surface area contributed by atoms with E-state index in [-0.39, 0.29) is 17.3 Å². The minimum Gasteiger partial charge on any atom is -0.457 e. The predicted octanol–water partition coefficient (Wildman–Crippen LogP) is 16.0. The fourth-order valence-corrected chi connectivity index (χ4v) is 10.6. The minimum absolute atomic E-state index is 0.0246. The number of ketones is 3. The van der Waals surface area contributed by atoms with Crippen LogP contribution in [0.5, 0.6) is 23.0 Å². The Morgan fingerprint density at radius 1 is 0.400 bits per heavy atom. The van der Waals surface area contributed by atoms with E-state index in [1.54, 1.807) is 66.7 Å². The standard InChI is InChI=1S/C66H46O8S/c1-42-12-3-4-15-55(42)63(67)44-24-32-50(33-25-44)71-52-36-28-48(29-37-52)66(61-20-9-7-17-57(61)58-18-8-10-21-62(58)66)49-30-38-53(39-31-49)72-51-34-26-45(27-35-51)64(68)59-19-6-5-16-56(59)46-23-22-43(2)60(41-46)65(69)47-13-11-14-54(40-47)75-74-73-70/h3-41,70H,1-2H3. The van der Waals surface area contributed by atoms with Crippen molar-refractivity contribution in [1.29, 1.82) is 0 Å². The molecule has 0 spiro atoms. The summed E-state index contributed by atoms with van der Waals surface area (Å²) in [6.45, 7) is 3.81. The van der Waals surface area contributed by atoms with Crippen LogP contribution in [0.15, 0.2) is 241 Å². The van der Waals surface area contributed by atoms with Crippen LogP contribution >= 0.6 is 12.0 Å². The number of fused-ring (bicyclic) bond motifs is 3. The van der Waals surface area contributed by atoms with E-state index in [0.717, 1.165) is 39.9 Å². The van der Waals surface area contributed by atoms with Crippen molar-refractivity contribution >= 4 is 29.4 Å². The molecular formula is C66H46O8S. The summed E-state index contributed by atoms with van der Waals surface area (Å²) < 4.78 is 17.3. The van der Waals surface area contributed by atoms with E-state index in [1.807, 2.05) is 111 Å². The SMILES string of the molecule is Cc1ccccc1C(=O)c1ccc(Oc2ccc(C3(c4ccc(Oc5ccc(C(=O)c6ccccc6-c6ccc(C)c(C(=O)c7cccc(SOOO)c7)c6)cc5)cc4)c4ccccc4-c4ccccc43)cc2)cc1. The summed E-state index contributed by atoms with van der Waals surface area (Å²) in [5, 5.41) is 12.3. The molecule has 0 amide bonds. The van der Waals surface area contributed by atoms with Gasteiger partial charge in [0.1, 0.15) is 23.0 Å². The third-order valence-corrected chi connectivity index (χ3v) is 14.4. The highest BCUT2D eigenvalue weighted by atomic mass is 32.2. The number of aryl methyl sites for hydroxylation is 2. The van der Waals surface area contributed by atoms with Crippen LogP contribution in [0, 0.1) is 13.8 Å². The molecule has 0 saturated carbocycles. The summed E-state index contributed by atoms with van der Waals surface area (Å²) in [5.41, 5.74) is 12.5. The Bertz CT molecular complexity index is 3730. The van der Waals surface area contributed by atoms with E-state index < -0.39 is 5.41 Å². The van der Waals surface area contributed by atoms with Gasteiger partial charge in [0.2, 0.25) is 0 Å². The van der Waals surface area contributed by atoms with Crippen molar-refractivity contribution in [3.63, 3.8) is 0 Å². The second kappa shape index (κ2) is 20.9. The first kappa shape index (κ1) is 48.3. The van der Waals surface area contributed by atoms with Gasteiger partial charge in [0.05, 0.1) is 17.5 Å². The van der Waals surface area contributed by atoms with Gasteiger partial charge in [-0.2, -0.15) is 0 Å². The number of hydrogen-bond acceptors (Lipinski definition) is 9. The normalized spacial score (nSPS) is 12.1. The van der Waals surface area contributed by atoms with E-state index in [2.05, 4.69) is 82.2 Å². The van der Waals surface area contributed by atoms with E-state index in [1.165, 1.54) is 22.3 Å². The van der Waals surface area contributed by atoms with E-state index in [4.69, 9.17) is 14.7 Å². The van der Waals surface area contributed by atoms with Crippen LogP contribution in [0.25, 0.3) is 22.3 Å². The largest absolute Gasteiger partial charge is 0.457 e. The van der Waals surface area contributed by atoms with Crippen molar-refractivity contribution < 1.29 is 38.5 Å². The summed E-state index contributed by atoms with van der Waals surface area (Å²) in [4.78, 5) is 41.9. The molecule has 0 atom stereocenters. The molecule has 0 bridgehead atoms. The fraction of sp³-hybridized carbons (Fsp3) is 0.0455. The van der Waals surface area contributed by atoms with Gasteiger partial charge >= 0.3 is 0 Å². The summed E-state index contributed by atoms with van der Waals surface area (Å²) in [6.07, 6.45) is 0. The molecule has 0 heterocycles. The van der Waals surface area contributed by atoms with Gasteiger partial charge in [-0.05, 0) is 160 Å². The average molecular weight is 999 g/mol. The molecule has 9 heteroatoms. The van der Waals surface area contributed by atoms with Crippen molar-refractivity contribution in [2.45, 2.75) is 24.2 Å². The van der Waals surface area contributed by atoms with Crippen LogP contribution in [-0.2, 0) is 14.8 Å². The zero-order valence-corrected chi connectivity index (χ0v) is 41.5. The van der Waals surface area contributed by atoms with Crippen LogP contribution in [-0.4, -0.2) is 22.6 Å². The summed E-state index contributed by atoms with van der Waals surface area (Å²) >= 11 is 0.778. The molecule has 0 unspecified atom stereocenters. The molecule has 75 heavy (non-hydrogen) atoms. The molecule has 0 aliphatic heterocycles. The summed E-state index contributed by atoms with van der Waals surface area (Å²) in [5.74, 6) is 2.11. The maximum Gasteiger partial charge on any atom is 0.193 e. The Kier molecular flexibility index (Phi) is 13.4. The highest BCUT2D eigenvalue weighted by Gasteiger charge is 2.46. The minimum atomic E-state index is -0.659. The highest BCUT2D eigenvalue weighted by Crippen LogP contribution is 2.56. The molecule has 1 aliphatic carbocycles. The number of ether oxygens (including phenoxy) is 2. The second-order valence-electron chi connectivity index (χ2n) is 18.3. The van der Waals surface area contributed by atoms with Gasteiger partial charge in [-0.25, -0.2) is 5.26 Å². The first-order valence-corrected chi connectivity index (χ1v) is 25.0. The molecule has 1 aliphatic rings. The first-order chi connectivity index (χ1) is 36.7. The molecule has 10 aromatic carbocycles. The predicted molar refractivity (Wildman–Crippen MR) is 292 cm³/mol. The van der Waals surface area contributed by atoms with Crippen molar-refractivity contribution in [2.24, 2.45) is 0 Å². The van der Waals surface area contributed by atoms with Gasteiger partial charge in [-0.1, -0.05) is 151 Å². The van der Waals surface area contributed by atoms with Crippen molar-refractivity contribution in [2.75, 3.05) is 0 Å². The fourth-order valence-electron chi connectivity index (χ4n) is 10.2. The van der Waals surface area contributed by atoms with Crippen LogP contribution < -0.4 is 9.47 Å². The van der Waals surface area contributed by atoms with E-state index in [9.17, 15) is 14.4 Å². The van der Waals surface area contributed by atoms with Crippen LogP contribution in [0.1, 0.15) is 81.1 Å². The Balaban J connectivity index is 0.832. The Hall–Kier alpha value is -8.96. The van der Waals surface area contributed by atoms with E-state index >= 15 is 0 Å². The van der Waals surface area contributed by atoms with Gasteiger partial charge in [-0.15, -0.1) is 4.33 Å². The lowest BCUT2D eigenvalue weighted by molar-refractivity contribution is -0.432. The van der Waals surface area contributed by atoms with Gasteiger partial charge in [0.15, 0.2) is 17.3 Å². The molecule has 11 rings (SSSR count). The van der Waals surface area contributed by atoms with Crippen LogP contribution in [0.4, 0.5) is 0 Å². The zero-order chi connectivity index (χ0) is 51.5. The Morgan fingerprint density at radius 2 is 0.853 bits per heavy atom. The van der Waals surface area contributed by atoms with Crippen LogP contribution in [0.3, 0.4) is 0 Å². The van der Waals surface area contributed by atoms with Gasteiger partial charge in [0, 0.05) is 38.3 Å². The average Bonchev–Trinajstić information content (AvgIpc) is 3.86. The number of rotatable bonds is 16. The zero-order valence-electron chi connectivity index (χ0n) is 40.7. The highest BCUT2D eigenvalue weighted by molar-refractivity contribution is 7.94. The lowest BCUT2D eigenvalue weighted by Crippen LogP contribution is -2.28. The lowest BCUT2D eigenvalue weighted by atomic mass is 9.68. The molecule has 364 valence electrons. The summed E-state index contributed by atoms with van der Waals surface area (Å²) in [6, 6.07) is 75.4. The molecule has 1 N–H and O–H groups in total. The molecule has 0 saturated heterocycles. The maximum atomic E-state index is 14.2. The van der Waals surface area contributed by atoms with Gasteiger partial charge in [-0.3, -0.25) is 14.4 Å². The molecule has 0 aromatic heterocycles. The monoisotopic (exact) mass is 998 g/mol. The molecule has 10 aromatic rings. The Morgan fingerprint density at radius 3 is 1.40 bits per heavy atom. The number of carbonyl (C=O) groups excluding carboxylic acids is 3.